The van der Waals surface area contributed by atoms with E-state index in [0.717, 1.165) is 0 Å². The fourth-order valence-corrected chi connectivity index (χ4v) is 4.20. The molecule has 0 saturated carbocycles. The second-order valence-electron chi connectivity index (χ2n) is 4.58. The van der Waals surface area contributed by atoms with Gasteiger partial charge in [0.05, 0.1) is 17.1 Å². The number of carboxylic acids is 1. The molecule has 5 nitrogen and oxygen atoms in total. The van der Waals surface area contributed by atoms with Crippen LogP contribution < -0.4 is 5.73 Å². The Bertz CT molecular complexity index is 567. The predicted molar refractivity (Wildman–Crippen MR) is 67.1 cm³/mol. The molecule has 0 amide bonds. The second kappa shape index (κ2) is 4.70. The third kappa shape index (κ3) is 2.54. The van der Waals surface area contributed by atoms with Gasteiger partial charge in [-0.2, -0.15) is 0 Å². The van der Waals surface area contributed by atoms with Gasteiger partial charge >= 0.3 is 5.97 Å². The number of carbonyl (C=O) groups is 1. The van der Waals surface area contributed by atoms with Gasteiger partial charge in [0.25, 0.3) is 0 Å². The third-order valence-electron chi connectivity index (χ3n) is 3.33. The lowest BCUT2D eigenvalue weighted by Gasteiger charge is -2.19. The first-order valence-electron chi connectivity index (χ1n) is 5.69. The van der Waals surface area contributed by atoms with Gasteiger partial charge in [-0.1, -0.05) is 18.2 Å². The topological polar surface area (TPSA) is 97.5 Å². The number of benzene rings is 1. The molecular weight excluding hydrogens is 254 g/mol. The van der Waals surface area contributed by atoms with Gasteiger partial charge in [0.2, 0.25) is 0 Å². The highest BCUT2D eigenvalue weighted by Crippen LogP contribution is 2.31. The highest BCUT2D eigenvalue weighted by Gasteiger charge is 2.33. The van der Waals surface area contributed by atoms with Gasteiger partial charge in [-0.05, 0) is 24.0 Å². The van der Waals surface area contributed by atoms with Crippen LogP contribution in [0.5, 0.6) is 0 Å². The van der Waals surface area contributed by atoms with Crippen molar-refractivity contribution < 1.29 is 18.3 Å². The summed E-state index contributed by atoms with van der Waals surface area (Å²) in [5, 5.41) is 9.09. The van der Waals surface area contributed by atoms with Crippen molar-refractivity contribution in [1.29, 1.82) is 0 Å². The van der Waals surface area contributed by atoms with Crippen LogP contribution in [0, 0.1) is 5.92 Å². The van der Waals surface area contributed by atoms with Crippen LogP contribution in [0.15, 0.2) is 24.3 Å². The van der Waals surface area contributed by atoms with Crippen molar-refractivity contribution in [2.75, 3.05) is 11.5 Å². The maximum atomic E-state index is 11.4. The molecule has 2 unspecified atom stereocenters. The Morgan fingerprint density at radius 3 is 2.61 bits per heavy atom. The summed E-state index contributed by atoms with van der Waals surface area (Å²) in [6.45, 7) is 0. The van der Waals surface area contributed by atoms with E-state index in [9.17, 15) is 13.2 Å². The molecule has 2 atom stereocenters. The number of nitrogens with two attached hydrogens (primary N) is 1. The summed E-state index contributed by atoms with van der Waals surface area (Å²) >= 11 is 0. The minimum Gasteiger partial charge on any atom is -0.478 e. The predicted octanol–water partition coefficient (Wildman–Crippen LogP) is 0.819. The molecule has 0 radical (unpaired) electrons. The maximum absolute atomic E-state index is 11.4. The largest absolute Gasteiger partial charge is 0.478 e. The van der Waals surface area contributed by atoms with Gasteiger partial charge in [0.1, 0.15) is 0 Å². The normalized spacial score (nSPS) is 23.7. The van der Waals surface area contributed by atoms with Gasteiger partial charge < -0.3 is 10.8 Å². The number of sulfone groups is 1. The van der Waals surface area contributed by atoms with Gasteiger partial charge in [-0.25, -0.2) is 13.2 Å². The Balaban J connectivity index is 2.30. The molecule has 18 heavy (non-hydrogen) atoms. The zero-order chi connectivity index (χ0) is 13.3. The maximum Gasteiger partial charge on any atom is 0.336 e. The first kappa shape index (κ1) is 13.0. The number of hydrogen-bond donors (Lipinski definition) is 2. The van der Waals surface area contributed by atoms with Crippen molar-refractivity contribution in [3.63, 3.8) is 0 Å². The van der Waals surface area contributed by atoms with Crippen molar-refractivity contribution >= 4 is 15.8 Å². The molecule has 1 saturated heterocycles. The lowest BCUT2D eigenvalue weighted by molar-refractivity contribution is 0.0694. The molecule has 1 aromatic rings. The molecule has 0 spiro atoms. The summed E-state index contributed by atoms with van der Waals surface area (Å²) in [5.74, 6) is -1.06. The summed E-state index contributed by atoms with van der Waals surface area (Å²) in [5.41, 5.74) is 6.69. The molecule has 0 aliphatic carbocycles. The van der Waals surface area contributed by atoms with Crippen LogP contribution in [0.3, 0.4) is 0 Å². The molecule has 2 rings (SSSR count). The van der Waals surface area contributed by atoms with Crippen molar-refractivity contribution in [3.8, 4) is 0 Å². The number of aromatic carboxylic acids is 1. The average Bonchev–Trinajstić information content (AvgIpc) is 2.68. The Hall–Kier alpha value is -1.40. The summed E-state index contributed by atoms with van der Waals surface area (Å²) < 4.78 is 22.8. The molecule has 98 valence electrons. The summed E-state index contributed by atoms with van der Waals surface area (Å²) in [4.78, 5) is 11.1. The minimum atomic E-state index is -3.01. The van der Waals surface area contributed by atoms with Crippen LogP contribution in [0.1, 0.15) is 28.4 Å². The molecule has 6 heteroatoms. The van der Waals surface area contributed by atoms with Gasteiger partial charge in [-0.3, -0.25) is 0 Å². The van der Waals surface area contributed by atoms with Crippen LogP contribution in [0.25, 0.3) is 0 Å². The standard InChI is InChI=1S/C12H15NO4S/c13-11(8-5-6-18(16,17)7-8)9-3-1-2-4-10(9)12(14)15/h1-4,8,11H,5-7,13H2,(H,14,15). The van der Waals surface area contributed by atoms with E-state index in [1.807, 2.05) is 0 Å². The van der Waals surface area contributed by atoms with E-state index in [2.05, 4.69) is 0 Å². The van der Waals surface area contributed by atoms with Crippen molar-refractivity contribution in [3.05, 3.63) is 35.4 Å². The van der Waals surface area contributed by atoms with Crippen molar-refractivity contribution in [2.45, 2.75) is 12.5 Å². The first-order chi connectivity index (χ1) is 8.41. The smallest absolute Gasteiger partial charge is 0.336 e. The Morgan fingerprint density at radius 1 is 1.39 bits per heavy atom. The number of carboxylic acid groups (broad SMARTS) is 1. The average molecular weight is 269 g/mol. The molecule has 1 heterocycles. The second-order valence-corrected chi connectivity index (χ2v) is 6.81. The summed E-state index contributed by atoms with van der Waals surface area (Å²) in [6, 6.07) is 5.94. The van der Waals surface area contributed by atoms with E-state index in [1.54, 1.807) is 18.2 Å². The molecule has 1 aromatic carbocycles. The molecule has 0 aromatic heterocycles. The van der Waals surface area contributed by atoms with Crippen molar-refractivity contribution in [1.82, 2.24) is 0 Å². The minimum absolute atomic E-state index is 0.0438. The van der Waals surface area contributed by atoms with Gasteiger partial charge in [0.15, 0.2) is 9.84 Å². The molecule has 1 fully saturated rings. The van der Waals surface area contributed by atoms with E-state index in [-0.39, 0.29) is 23.0 Å². The molecular formula is C12H15NO4S. The van der Waals surface area contributed by atoms with E-state index in [0.29, 0.717) is 12.0 Å². The van der Waals surface area contributed by atoms with Crippen LogP contribution in [0.4, 0.5) is 0 Å². The van der Waals surface area contributed by atoms with Gasteiger partial charge in [-0.15, -0.1) is 0 Å². The van der Waals surface area contributed by atoms with Crippen LogP contribution in [-0.4, -0.2) is 31.0 Å². The molecule has 0 bridgehead atoms. The lowest BCUT2D eigenvalue weighted by atomic mass is 9.90. The summed E-state index contributed by atoms with van der Waals surface area (Å²) in [6.07, 6.45) is 0.497. The highest BCUT2D eigenvalue weighted by atomic mass is 32.2. The SMILES string of the molecule is NC(c1ccccc1C(=O)O)C1CCS(=O)(=O)C1. The van der Waals surface area contributed by atoms with E-state index in [4.69, 9.17) is 10.8 Å². The highest BCUT2D eigenvalue weighted by molar-refractivity contribution is 7.91. The van der Waals surface area contributed by atoms with Crippen LogP contribution in [-0.2, 0) is 9.84 Å². The lowest BCUT2D eigenvalue weighted by Crippen LogP contribution is -2.24. The zero-order valence-corrected chi connectivity index (χ0v) is 10.6. The van der Waals surface area contributed by atoms with Crippen molar-refractivity contribution in [2.24, 2.45) is 11.7 Å². The van der Waals surface area contributed by atoms with Crippen LogP contribution >= 0.6 is 0 Å². The zero-order valence-electron chi connectivity index (χ0n) is 9.74. The molecule has 1 aliphatic heterocycles. The quantitative estimate of drug-likeness (QED) is 0.846. The Kier molecular flexibility index (Phi) is 3.41. The summed E-state index contributed by atoms with van der Waals surface area (Å²) in [7, 11) is -3.01. The van der Waals surface area contributed by atoms with Gasteiger partial charge in [0, 0.05) is 6.04 Å². The van der Waals surface area contributed by atoms with Crippen LogP contribution in [0.2, 0.25) is 0 Å². The van der Waals surface area contributed by atoms with E-state index in [1.165, 1.54) is 6.07 Å². The fourth-order valence-electron chi connectivity index (χ4n) is 2.34. The Labute approximate surface area is 106 Å². The first-order valence-corrected chi connectivity index (χ1v) is 7.51. The van der Waals surface area contributed by atoms with E-state index < -0.39 is 21.8 Å². The monoisotopic (exact) mass is 269 g/mol. The fraction of sp³-hybridized carbons (Fsp3) is 0.417. The molecule has 3 N–H and O–H groups in total. The Morgan fingerprint density at radius 2 is 2.06 bits per heavy atom. The number of hydrogen-bond acceptors (Lipinski definition) is 4. The molecule has 1 aliphatic rings. The third-order valence-corrected chi connectivity index (χ3v) is 5.12. The number of rotatable bonds is 3. The van der Waals surface area contributed by atoms with E-state index >= 15 is 0 Å².